The molecule has 3 aliphatic rings. The van der Waals surface area contributed by atoms with Gasteiger partial charge in [-0.1, -0.05) is 56.7 Å². The van der Waals surface area contributed by atoms with E-state index in [4.69, 9.17) is 18.9 Å². The molecule has 2 saturated heterocycles. The highest BCUT2D eigenvalue weighted by Gasteiger charge is 2.64. The van der Waals surface area contributed by atoms with Gasteiger partial charge < -0.3 is 34.1 Å². The number of carbonyl (C=O) groups is 4. The van der Waals surface area contributed by atoms with Gasteiger partial charge in [-0.2, -0.15) is 0 Å². The van der Waals surface area contributed by atoms with Crippen LogP contribution in [0.25, 0.3) is 11.1 Å². The molecule has 12 nitrogen and oxygen atoms in total. The van der Waals surface area contributed by atoms with Crippen LogP contribution in [-0.4, -0.2) is 77.9 Å². The molecule has 0 aliphatic carbocycles. The van der Waals surface area contributed by atoms with Gasteiger partial charge in [0.1, 0.15) is 29.3 Å². The first kappa shape index (κ1) is 36.6. The van der Waals surface area contributed by atoms with Crippen molar-refractivity contribution in [2.24, 2.45) is 11.8 Å². The summed E-state index contributed by atoms with van der Waals surface area (Å²) in [5, 5.41) is 23.6. The summed E-state index contributed by atoms with van der Waals surface area (Å²) in [5.41, 5.74) is 0.737. The minimum Gasteiger partial charge on any atom is -0.496 e. The molecule has 3 aliphatic heterocycles. The molecular weight excluding hydrogens is 644 g/mol. The molecule has 2 aromatic carbocycles. The third-order valence-corrected chi connectivity index (χ3v) is 9.76. The molecule has 5 rings (SSSR count). The van der Waals surface area contributed by atoms with Crippen LogP contribution in [0.5, 0.6) is 5.75 Å². The Morgan fingerprint density at radius 3 is 2.58 bits per heavy atom. The summed E-state index contributed by atoms with van der Waals surface area (Å²) in [6, 6.07) is 10.1. The van der Waals surface area contributed by atoms with Crippen LogP contribution in [0.2, 0.25) is 0 Å². The van der Waals surface area contributed by atoms with Crippen molar-refractivity contribution in [3.8, 4) is 16.9 Å². The molecule has 0 saturated carbocycles. The second kappa shape index (κ2) is 14.3. The van der Waals surface area contributed by atoms with E-state index in [1.165, 1.54) is 24.1 Å². The number of nitrogens with zero attached hydrogens (tertiary/aromatic N) is 1. The van der Waals surface area contributed by atoms with E-state index in [-0.39, 0.29) is 30.7 Å². The lowest BCUT2D eigenvalue weighted by Gasteiger charge is -2.39. The van der Waals surface area contributed by atoms with Crippen molar-refractivity contribution in [2.75, 3.05) is 19.1 Å². The van der Waals surface area contributed by atoms with Crippen LogP contribution in [-0.2, 0) is 30.2 Å². The van der Waals surface area contributed by atoms with Crippen LogP contribution in [0.4, 0.5) is 10.5 Å². The highest BCUT2D eigenvalue weighted by Crippen LogP contribution is 2.49. The molecule has 268 valence electrons. The number of epoxide rings is 1. The van der Waals surface area contributed by atoms with E-state index in [1.807, 2.05) is 38.1 Å². The van der Waals surface area contributed by atoms with Crippen molar-refractivity contribution in [1.29, 1.82) is 0 Å². The summed E-state index contributed by atoms with van der Waals surface area (Å²) < 4.78 is 23.6. The lowest BCUT2D eigenvalue weighted by atomic mass is 9.84. The lowest BCUT2D eigenvalue weighted by Crippen LogP contribution is -2.57. The Morgan fingerprint density at radius 1 is 1.16 bits per heavy atom. The number of carboxylic acids is 1. The van der Waals surface area contributed by atoms with Crippen molar-refractivity contribution in [3.05, 3.63) is 71.3 Å². The first-order valence-corrected chi connectivity index (χ1v) is 16.8. The summed E-state index contributed by atoms with van der Waals surface area (Å²) in [6.07, 6.45) is 2.93. The Bertz CT molecular complexity index is 1730. The number of alkyl carbamates (subject to hydrolysis) is 1. The lowest BCUT2D eigenvalue weighted by molar-refractivity contribution is -0.157. The number of rotatable bonds is 5. The second-order valence-electron chi connectivity index (χ2n) is 14.0. The van der Waals surface area contributed by atoms with Gasteiger partial charge in [0.05, 0.1) is 36.8 Å². The van der Waals surface area contributed by atoms with E-state index in [0.29, 0.717) is 29.0 Å². The third-order valence-electron chi connectivity index (χ3n) is 9.76. The SMILES string of the molecule is COc1cc2cc(c1-c1cccc(C(=O)O)c1)N(C)C(=O)C[C@H](OC(=O)C(C)C)[C@]1(C)O[C@H]1[C@H](C)[C@@H]1C[C@](O)(C/C=C/C=C(\C)C2)NC(=O)O1. The van der Waals surface area contributed by atoms with Crippen molar-refractivity contribution in [2.45, 2.75) is 89.9 Å². The molecule has 2 aromatic rings. The number of nitrogens with one attached hydrogen (secondary N) is 1. The number of hydrogen-bond acceptors (Lipinski definition) is 9. The van der Waals surface area contributed by atoms with Crippen LogP contribution in [0, 0.1) is 11.8 Å². The zero-order valence-electron chi connectivity index (χ0n) is 29.5. The largest absolute Gasteiger partial charge is 0.496 e. The Labute approximate surface area is 292 Å². The molecule has 0 unspecified atom stereocenters. The highest BCUT2D eigenvalue weighted by molar-refractivity contribution is 6.00. The monoisotopic (exact) mass is 690 g/mol. The van der Waals surface area contributed by atoms with Gasteiger partial charge >= 0.3 is 18.0 Å². The fourth-order valence-electron chi connectivity index (χ4n) is 6.76. The summed E-state index contributed by atoms with van der Waals surface area (Å²) in [6.45, 7) is 8.95. The maximum atomic E-state index is 14.3. The number of amides is 2. The van der Waals surface area contributed by atoms with Gasteiger partial charge in [-0.25, -0.2) is 9.59 Å². The van der Waals surface area contributed by atoms with Crippen LogP contribution in [0.1, 0.15) is 69.8 Å². The molecule has 0 spiro atoms. The maximum Gasteiger partial charge on any atom is 0.409 e. The zero-order valence-corrected chi connectivity index (χ0v) is 29.5. The predicted octanol–water partition coefficient (Wildman–Crippen LogP) is 5.41. The van der Waals surface area contributed by atoms with E-state index in [2.05, 4.69) is 5.32 Å². The average Bonchev–Trinajstić information content (AvgIpc) is 3.76. The number of benzene rings is 2. The van der Waals surface area contributed by atoms with Gasteiger partial charge in [-0.3, -0.25) is 14.9 Å². The molecular formula is C38H46N2O10. The molecule has 2 amide bonds. The number of methoxy groups -OCH3 is 1. The van der Waals surface area contributed by atoms with Gasteiger partial charge in [0.25, 0.3) is 0 Å². The Hall–Kier alpha value is -4.68. The molecule has 12 heteroatoms. The summed E-state index contributed by atoms with van der Waals surface area (Å²) in [4.78, 5) is 53.3. The number of aromatic carboxylic acids is 1. The number of allylic oxidation sites excluding steroid dienone is 3. The first-order valence-electron chi connectivity index (χ1n) is 16.8. The Balaban J connectivity index is 1.63. The fourth-order valence-corrected chi connectivity index (χ4v) is 6.76. The van der Waals surface area contributed by atoms with Gasteiger partial charge in [-0.15, -0.1) is 0 Å². The van der Waals surface area contributed by atoms with E-state index in [0.717, 1.165) is 11.1 Å². The van der Waals surface area contributed by atoms with Crippen LogP contribution in [0.15, 0.2) is 60.2 Å². The van der Waals surface area contributed by atoms with Gasteiger partial charge in [-0.05, 0) is 55.7 Å². The minimum absolute atomic E-state index is 0.0751. The molecule has 6 atom stereocenters. The number of ether oxygens (including phenoxy) is 4. The Kier molecular flexibility index (Phi) is 10.5. The van der Waals surface area contributed by atoms with Crippen molar-refractivity contribution in [1.82, 2.24) is 5.32 Å². The minimum atomic E-state index is -1.56. The van der Waals surface area contributed by atoms with Crippen LogP contribution >= 0.6 is 0 Å². The zero-order chi connectivity index (χ0) is 36.5. The quantitative estimate of drug-likeness (QED) is 0.273. The number of carbonyl (C=O) groups excluding carboxylic acids is 3. The number of aliphatic hydroxyl groups is 1. The number of fused-ring (bicyclic) bond motifs is 5. The van der Waals surface area contributed by atoms with E-state index in [9.17, 15) is 29.4 Å². The number of esters is 1. The standard InChI is InChI=1S/C38H46N2O10/c1-21(2)35(44)49-30-19-31(41)40(6)27-16-24(17-28(47-7)32(27)25-12-10-13-26(18-25)34(42)43)15-22(3)11-8-9-14-38(46)20-29(48-36(45)39-38)23(4)33-37(30,5)50-33/h8-13,16-18,21,23,29-30,33,46H,14-15,19-20H2,1-7H3,(H,39,45)(H,42,43)/b9-8+,22-11+/t23-,29+,30+,33+,37+,38-/m1/s1. The topological polar surface area (TPSA) is 164 Å². The second-order valence-corrected chi connectivity index (χ2v) is 14.0. The van der Waals surface area contributed by atoms with E-state index >= 15 is 0 Å². The third kappa shape index (κ3) is 7.71. The summed E-state index contributed by atoms with van der Waals surface area (Å²) >= 11 is 0. The van der Waals surface area contributed by atoms with Crippen LogP contribution < -0.4 is 15.0 Å². The molecule has 2 fully saturated rings. The van der Waals surface area contributed by atoms with Crippen molar-refractivity contribution in [3.63, 3.8) is 0 Å². The molecule has 3 N–H and O–H groups in total. The van der Waals surface area contributed by atoms with Crippen LogP contribution in [0.3, 0.4) is 0 Å². The summed E-state index contributed by atoms with van der Waals surface area (Å²) in [5.74, 6) is -2.44. The van der Waals surface area contributed by atoms with E-state index in [1.54, 1.807) is 46.0 Å². The fraction of sp³-hybridized carbons (Fsp3) is 0.474. The molecule has 4 bridgehead atoms. The average molecular weight is 691 g/mol. The van der Waals surface area contributed by atoms with Crippen molar-refractivity contribution >= 4 is 29.6 Å². The number of anilines is 1. The van der Waals surface area contributed by atoms with E-state index < -0.39 is 59.5 Å². The maximum absolute atomic E-state index is 14.3. The van der Waals surface area contributed by atoms with Crippen molar-refractivity contribution < 1.29 is 48.3 Å². The normalized spacial score (nSPS) is 30.3. The predicted molar refractivity (Wildman–Crippen MR) is 185 cm³/mol. The van der Waals surface area contributed by atoms with Gasteiger partial charge in [0.15, 0.2) is 0 Å². The molecule has 0 radical (unpaired) electrons. The molecule has 3 heterocycles. The number of carboxylic acid groups (broad SMARTS) is 1. The van der Waals surface area contributed by atoms with Gasteiger partial charge in [0, 0.05) is 31.4 Å². The first-order chi connectivity index (χ1) is 23.5. The number of hydrogen-bond donors (Lipinski definition) is 3. The Morgan fingerprint density at radius 2 is 1.90 bits per heavy atom. The molecule has 50 heavy (non-hydrogen) atoms. The highest BCUT2D eigenvalue weighted by atomic mass is 16.7. The van der Waals surface area contributed by atoms with Gasteiger partial charge in [0.2, 0.25) is 5.91 Å². The molecule has 0 aromatic heterocycles. The summed E-state index contributed by atoms with van der Waals surface area (Å²) in [7, 11) is 3.13. The smallest absolute Gasteiger partial charge is 0.409 e.